The highest BCUT2D eigenvalue weighted by atomic mass is 35.5. The van der Waals surface area contributed by atoms with Gasteiger partial charge in [0.25, 0.3) is 5.91 Å². The smallest absolute Gasteiger partial charge is 0.416 e. The van der Waals surface area contributed by atoms with Crippen molar-refractivity contribution in [3.63, 3.8) is 0 Å². The number of amides is 2. The van der Waals surface area contributed by atoms with Gasteiger partial charge in [-0.25, -0.2) is 0 Å². The number of carbonyl (C=O) groups excluding carboxylic acids is 2. The van der Waals surface area contributed by atoms with E-state index in [2.05, 4.69) is 10.6 Å². The van der Waals surface area contributed by atoms with Crippen molar-refractivity contribution in [1.82, 2.24) is 0 Å². The van der Waals surface area contributed by atoms with Crippen LogP contribution in [0.1, 0.15) is 23.0 Å². The number of anilines is 2. The minimum absolute atomic E-state index is 0.00945. The van der Waals surface area contributed by atoms with E-state index < -0.39 is 28.8 Å². The third-order valence-electron chi connectivity index (χ3n) is 4.09. The van der Waals surface area contributed by atoms with Gasteiger partial charge in [0.1, 0.15) is 0 Å². The van der Waals surface area contributed by atoms with E-state index in [0.29, 0.717) is 5.69 Å². The minimum Gasteiger partial charge on any atom is -0.459 e. The average molecular weight is 469 g/mol. The molecule has 1 aromatic heterocycles. The summed E-state index contributed by atoms with van der Waals surface area (Å²) in [5, 5.41) is 4.51. The zero-order chi connectivity index (χ0) is 22.6. The first kappa shape index (κ1) is 22.8. The van der Waals surface area contributed by atoms with Gasteiger partial charge in [-0.05, 0) is 61.5 Å². The van der Waals surface area contributed by atoms with Crippen LogP contribution < -0.4 is 10.6 Å². The van der Waals surface area contributed by atoms with Gasteiger partial charge in [0.2, 0.25) is 5.91 Å². The normalized spacial score (nSPS) is 12.3. The lowest BCUT2D eigenvalue weighted by Crippen LogP contribution is -2.22. The molecular formula is C21H16ClF3N2O3S. The Labute approximate surface area is 185 Å². The van der Waals surface area contributed by atoms with E-state index in [4.69, 9.17) is 16.0 Å². The summed E-state index contributed by atoms with van der Waals surface area (Å²) in [6.07, 6.45) is -3.15. The first-order chi connectivity index (χ1) is 14.6. The zero-order valence-corrected chi connectivity index (χ0v) is 17.6. The van der Waals surface area contributed by atoms with Gasteiger partial charge in [0.05, 0.1) is 27.8 Å². The first-order valence-corrected chi connectivity index (χ1v) is 10.2. The first-order valence-electron chi connectivity index (χ1n) is 8.92. The van der Waals surface area contributed by atoms with Crippen LogP contribution in [0.4, 0.5) is 24.5 Å². The van der Waals surface area contributed by atoms with Crippen LogP contribution in [0.25, 0.3) is 0 Å². The third kappa shape index (κ3) is 6.05. The number of carbonyl (C=O) groups is 2. The second-order valence-electron chi connectivity index (χ2n) is 6.40. The van der Waals surface area contributed by atoms with E-state index in [1.807, 2.05) is 0 Å². The lowest BCUT2D eigenvalue weighted by Gasteiger charge is -2.15. The molecule has 0 saturated heterocycles. The summed E-state index contributed by atoms with van der Waals surface area (Å²) in [5.74, 6) is -0.713. The molecule has 2 N–H and O–H groups in total. The predicted octanol–water partition coefficient (Wildman–Crippen LogP) is 6.32. The van der Waals surface area contributed by atoms with Crippen molar-refractivity contribution in [2.75, 3.05) is 10.6 Å². The lowest BCUT2D eigenvalue weighted by molar-refractivity contribution is -0.137. The van der Waals surface area contributed by atoms with E-state index in [1.165, 1.54) is 24.1 Å². The number of benzene rings is 2. The van der Waals surface area contributed by atoms with Crippen LogP contribution >= 0.6 is 23.4 Å². The van der Waals surface area contributed by atoms with Crippen molar-refractivity contribution in [3.8, 4) is 0 Å². The molecular weight excluding hydrogens is 453 g/mol. The molecule has 2 aromatic carbocycles. The van der Waals surface area contributed by atoms with Crippen LogP contribution in [-0.2, 0) is 11.0 Å². The molecule has 0 spiro atoms. The maximum Gasteiger partial charge on any atom is 0.416 e. The molecule has 5 nitrogen and oxygen atoms in total. The van der Waals surface area contributed by atoms with Gasteiger partial charge in [-0.1, -0.05) is 11.6 Å². The number of hydrogen-bond donors (Lipinski definition) is 2. The van der Waals surface area contributed by atoms with Crippen molar-refractivity contribution in [1.29, 1.82) is 0 Å². The molecule has 0 fully saturated rings. The molecule has 1 heterocycles. The van der Waals surface area contributed by atoms with Crippen molar-refractivity contribution >= 4 is 46.6 Å². The van der Waals surface area contributed by atoms with Gasteiger partial charge < -0.3 is 15.1 Å². The average Bonchev–Trinajstić information content (AvgIpc) is 3.25. The second kappa shape index (κ2) is 9.49. The highest BCUT2D eigenvalue weighted by Crippen LogP contribution is 2.34. The Morgan fingerprint density at radius 1 is 1.06 bits per heavy atom. The molecule has 3 rings (SSSR count). The van der Waals surface area contributed by atoms with Crippen LogP contribution in [0.2, 0.25) is 5.02 Å². The Morgan fingerprint density at radius 2 is 1.77 bits per heavy atom. The summed E-state index contributed by atoms with van der Waals surface area (Å²) in [5.41, 5.74) is -0.469. The maximum absolute atomic E-state index is 12.9. The van der Waals surface area contributed by atoms with Crippen molar-refractivity contribution < 1.29 is 27.2 Å². The fourth-order valence-electron chi connectivity index (χ4n) is 2.51. The molecule has 0 aliphatic carbocycles. The molecule has 2 amide bonds. The SMILES string of the molecule is CC(Sc1ccc(NC(=O)c2ccco2)cc1)C(=O)Nc1cc(C(F)(F)F)ccc1Cl. The summed E-state index contributed by atoms with van der Waals surface area (Å²) in [6.45, 7) is 1.62. The molecule has 162 valence electrons. The molecule has 0 saturated carbocycles. The van der Waals surface area contributed by atoms with Crippen LogP contribution in [0, 0.1) is 0 Å². The number of thioether (sulfide) groups is 1. The Hall–Kier alpha value is -2.91. The van der Waals surface area contributed by atoms with E-state index in [1.54, 1.807) is 37.3 Å². The number of rotatable bonds is 6. The molecule has 3 aromatic rings. The van der Waals surface area contributed by atoms with Gasteiger partial charge in [-0.3, -0.25) is 9.59 Å². The van der Waals surface area contributed by atoms with Crippen LogP contribution in [0.3, 0.4) is 0 Å². The second-order valence-corrected chi connectivity index (χ2v) is 8.22. The topological polar surface area (TPSA) is 71.3 Å². The molecule has 0 bridgehead atoms. The third-order valence-corrected chi connectivity index (χ3v) is 5.53. The fourth-order valence-corrected chi connectivity index (χ4v) is 3.54. The van der Waals surface area contributed by atoms with Gasteiger partial charge >= 0.3 is 6.18 Å². The van der Waals surface area contributed by atoms with Crippen LogP contribution in [0.5, 0.6) is 0 Å². The molecule has 0 aliphatic heterocycles. The van der Waals surface area contributed by atoms with Crippen molar-refractivity contribution in [2.24, 2.45) is 0 Å². The largest absolute Gasteiger partial charge is 0.459 e. The number of halogens is 4. The Morgan fingerprint density at radius 3 is 2.39 bits per heavy atom. The maximum atomic E-state index is 12.9. The highest BCUT2D eigenvalue weighted by molar-refractivity contribution is 8.00. The molecule has 10 heteroatoms. The van der Waals surface area contributed by atoms with Gasteiger partial charge in [-0.15, -0.1) is 11.8 Å². The van der Waals surface area contributed by atoms with Crippen molar-refractivity contribution in [3.05, 3.63) is 77.2 Å². The summed E-state index contributed by atoms with van der Waals surface area (Å²) < 4.78 is 43.7. The van der Waals surface area contributed by atoms with E-state index in [-0.39, 0.29) is 16.5 Å². The molecule has 1 atom stereocenters. The summed E-state index contributed by atoms with van der Waals surface area (Å²) in [4.78, 5) is 25.1. The van der Waals surface area contributed by atoms with Crippen molar-refractivity contribution in [2.45, 2.75) is 23.2 Å². The Bertz CT molecular complexity index is 1070. The predicted molar refractivity (Wildman–Crippen MR) is 114 cm³/mol. The summed E-state index contributed by atoms with van der Waals surface area (Å²) >= 11 is 7.12. The van der Waals surface area contributed by atoms with Gasteiger partial charge in [-0.2, -0.15) is 13.2 Å². The Kier molecular flexibility index (Phi) is 6.97. The number of furan rings is 1. The van der Waals surface area contributed by atoms with Gasteiger partial charge in [0.15, 0.2) is 5.76 Å². The van der Waals surface area contributed by atoms with Crippen LogP contribution in [0.15, 0.2) is 70.2 Å². The van der Waals surface area contributed by atoms with E-state index in [9.17, 15) is 22.8 Å². The highest BCUT2D eigenvalue weighted by Gasteiger charge is 2.31. The van der Waals surface area contributed by atoms with E-state index in [0.717, 1.165) is 23.1 Å². The number of hydrogen-bond acceptors (Lipinski definition) is 4. The zero-order valence-electron chi connectivity index (χ0n) is 16.0. The number of alkyl halides is 3. The lowest BCUT2D eigenvalue weighted by atomic mass is 10.2. The summed E-state index contributed by atoms with van der Waals surface area (Å²) in [6, 6.07) is 12.6. The fraction of sp³-hybridized carbons (Fsp3) is 0.143. The molecule has 1 unspecified atom stereocenters. The van der Waals surface area contributed by atoms with Crippen LogP contribution in [-0.4, -0.2) is 17.1 Å². The van der Waals surface area contributed by atoms with E-state index >= 15 is 0 Å². The molecule has 0 aliphatic rings. The summed E-state index contributed by atoms with van der Waals surface area (Å²) in [7, 11) is 0. The quantitative estimate of drug-likeness (QED) is 0.415. The number of nitrogens with one attached hydrogen (secondary N) is 2. The Balaban J connectivity index is 1.60. The minimum atomic E-state index is -4.54. The molecule has 0 radical (unpaired) electrons. The molecule has 31 heavy (non-hydrogen) atoms. The standard InChI is InChI=1S/C21H16ClF3N2O3S/c1-12(19(28)27-17-11-13(21(23,24)25)4-9-16(17)22)31-15-7-5-14(6-8-15)26-20(29)18-3-2-10-30-18/h2-12H,1H3,(H,26,29)(H,27,28). The van der Waals surface area contributed by atoms with Gasteiger partial charge in [0, 0.05) is 10.6 Å². The monoisotopic (exact) mass is 468 g/mol.